The van der Waals surface area contributed by atoms with Gasteiger partial charge < -0.3 is 16.8 Å². The van der Waals surface area contributed by atoms with Crippen molar-refractivity contribution in [2.24, 2.45) is 22.8 Å². The van der Waals surface area contributed by atoms with Crippen LogP contribution < -0.4 is 16.8 Å². The van der Waals surface area contributed by atoms with Gasteiger partial charge in [-0.15, -0.1) is 0 Å². The van der Waals surface area contributed by atoms with Gasteiger partial charge in [0.15, 0.2) is 0 Å². The molecule has 1 aliphatic carbocycles. The van der Waals surface area contributed by atoms with E-state index in [1.54, 1.807) is 0 Å². The average molecular weight is 255 g/mol. The molecule has 1 fully saturated rings. The number of nitrogens with one attached hydrogen (secondary N) is 1. The zero-order chi connectivity index (χ0) is 13.8. The number of nitrogens with two attached hydrogens (primary N) is 2. The van der Waals surface area contributed by atoms with Crippen LogP contribution in [0.2, 0.25) is 0 Å². The van der Waals surface area contributed by atoms with E-state index < -0.39 is 5.41 Å². The fourth-order valence-electron chi connectivity index (χ4n) is 2.28. The predicted octanol–water partition coefficient (Wildman–Crippen LogP) is 0.522. The van der Waals surface area contributed by atoms with Gasteiger partial charge >= 0.3 is 0 Å². The third kappa shape index (κ3) is 3.45. The predicted molar refractivity (Wildman–Crippen MR) is 70.5 cm³/mol. The molecule has 5 N–H and O–H groups in total. The normalized spacial score (nSPS) is 27.3. The van der Waals surface area contributed by atoms with Gasteiger partial charge in [-0.25, -0.2) is 0 Å². The number of amides is 2. The largest absolute Gasteiger partial charge is 0.369 e. The summed E-state index contributed by atoms with van der Waals surface area (Å²) in [4.78, 5) is 23.2. The first kappa shape index (κ1) is 15.0. The topological polar surface area (TPSA) is 98.2 Å². The Morgan fingerprint density at radius 3 is 2.22 bits per heavy atom. The Labute approximate surface area is 109 Å². The van der Waals surface area contributed by atoms with Crippen LogP contribution in [0.15, 0.2) is 0 Å². The summed E-state index contributed by atoms with van der Waals surface area (Å²) in [5, 5.41) is 3.05. The lowest BCUT2D eigenvalue weighted by atomic mass is 9.83. The van der Waals surface area contributed by atoms with Crippen molar-refractivity contribution in [1.29, 1.82) is 0 Å². The van der Waals surface area contributed by atoms with Gasteiger partial charge in [0, 0.05) is 18.5 Å². The Balaban J connectivity index is 2.46. The minimum absolute atomic E-state index is 0.0229. The Morgan fingerprint density at radius 1 is 1.28 bits per heavy atom. The van der Waals surface area contributed by atoms with E-state index in [1.165, 1.54) is 0 Å². The maximum atomic E-state index is 12.1. The summed E-state index contributed by atoms with van der Waals surface area (Å²) in [6, 6.07) is 0.158. The first-order valence-corrected chi connectivity index (χ1v) is 6.73. The van der Waals surface area contributed by atoms with Gasteiger partial charge in [-0.3, -0.25) is 9.59 Å². The zero-order valence-corrected chi connectivity index (χ0v) is 11.4. The number of hydrogen-bond acceptors (Lipinski definition) is 3. The standard InChI is InChI=1S/C13H25N3O2/c1-3-13(2,8-14)12(18)16-10-6-4-9(5-7-10)11(15)17/h9-10H,3-8,14H2,1-2H3,(H2,15,17)(H,16,18). The molecule has 1 unspecified atom stereocenters. The molecule has 1 aliphatic rings. The molecule has 5 nitrogen and oxygen atoms in total. The minimum atomic E-state index is -0.486. The fraction of sp³-hybridized carbons (Fsp3) is 0.846. The summed E-state index contributed by atoms with van der Waals surface area (Å²) in [6.45, 7) is 4.21. The highest BCUT2D eigenvalue weighted by molar-refractivity contribution is 5.82. The number of hydrogen-bond donors (Lipinski definition) is 3. The molecule has 0 radical (unpaired) electrons. The van der Waals surface area contributed by atoms with Gasteiger partial charge in [0.2, 0.25) is 11.8 Å². The molecular formula is C13H25N3O2. The molecule has 0 heterocycles. The lowest BCUT2D eigenvalue weighted by Gasteiger charge is -2.32. The summed E-state index contributed by atoms with van der Waals surface area (Å²) < 4.78 is 0. The van der Waals surface area contributed by atoms with E-state index in [4.69, 9.17) is 11.5 Å². The number of rotatable bonds is 5. The van der Waals surface area contributed by atoms with Crippen LogP contribution in [0.25, 0.3) is 0 Å². The van der Waals surface area contributed by atoms with E-state index in [0.717, 1.165) is 32.1 Å². The van der Waals surface area contributed by atoms with Gasteiger partial charge in [0.05, 0.1) is 5.41 Å². The van der Waals surface area contributed by atoms with Crippen molar-refractivity contribution in [3.05, 3.63) is 0 Å². The van der Waals surface area contributed by atoms with Crippen molar-refractivity contribution >= 4 is 11.8 Å². The smallest absolute Gasteiger partial charge is 0.227 e. The van der Waals surface area contributed by atoms with Crippen LogP contribution in [0.1, 0.15) is 46.0 Å². The van der Waals surface area contributed by atoms with E-state index >= 15 is 0 Å². The summed E-state index contributed by atoms with van der Waals surface area (Å²) in [7, 11) is 0. The quantitative estimate of drug-likeness (QED) is 0.668. The van der Waals surface area contributed by atoms with Crippen molar-refractivity contribution in [1.82, 2.24) is 5.32 Å². The molecule has 0 aromatic heterocycles. The summed E-state index contributed by atoms with van der Waals surface area (Å²) >= 11 is 0. The van der Waals surface area contributed by atoms with Gasteiger partial charge in [-0.2, -0.15) is 0 Å². The Morgan fingerprint density at radius 2 is 1.83 bits per heavy atom. The van der Waals surface area contributed by atoms with Crippen LogP contribution in [-0.4, -0.2) is 24.4 Å². The third-order valence-corrected chi connectivity index (χ3v) is 4.24. The van der Waals surface area contributed by atoms with Gasteiger partial charge in [0.1, 0.15) is 0 Å². The first-order valence-electron chi connectivity index (χ1n) is 6.73. The second-order valence-electron chi connectivity index (χ2n) is 5.54. The highest BCUT2D eigenvalue weighted by Gasteiger charge is 2.32. The highest BCUT2D eigenvalue weighted by atomic mass is 16.2. The van der Waals surface area contributed by atoms with Crippen molar-refractivity contribution in [2.45, 2.75) is 52.0 Å². The Hall–Kier alpha value is -1.10. The van der Waals surface area contributed by atoms with Crippen molar-refractivity contribution in [2.75, 3.05) is 6.54 Å². The number of carbonyl (C=O) groups is 2. The molecule has 1 saturated carbocycles. The molecule has 1 rings (SSSR count). The summed E-state index contributed by atoms with van der Waals surface area (Å²) in [5.41, 5.74) is 10.5. The lowest BCUT2D eigenvalue weighted by Crippen LogP contribution is -2.48. The molecule has 0 aliphatic heterocycles. The van der Waals surface area contributed by atoms with Crippen molar-refractivity contribution in [3.8, 4) is 0 Å². The van der Waals surface area contributed by atoms with Crippen LogP contribution >= 0.6 is 0 Å². The van der Waals surface area contributed by atoms with E-state index in [2.05, 4.69) is 5.32 Å². The molecule has 5 heteroatoms. The minimum Gasteiger partial charge on any atom is -0.369 e. The molecule has 0 spiro atoms. The molecule has 0 aromatic carbocycles. The first-order chi connectivity index (χ1) is 8.42. The molecule has 2 amide bonds. The Kier molecular flexibility index (Phi) is 5.14. The molecule has 0 bridgehead atoms. The van der Waals surface area contributed by atoms with Gasteiger partial charge in [-0.1, -0.05) is 6.92 Å². The molecule has 104 valence electrons. The van der Waals surface area contributed by atoms with Gasteiger partial charge in [-0.05, 0) is 39.0 Å². The second-order valence-corrected chi connectivity index (χ2v) is 5.54. The summed E-state index contributed by atoms with van der Waals surface area (Å²) in [5.74, 6) is -0.222. The van der Waals surface area contributed by atoms with E-state index in [0.29, 0.717) is 6.54 Å². The number of primary amides is 1. The van der Waals surface area contributed by atoms with Crippen LogP contribution in [0, 0.1) is 11.3 Å². The van der Waals surface area contributed by atoms with E-state index in [9.17, 15) is 9.59 Å². The fourth-order valence-corrected chi connectivity index (χ4v) is 2.28. The summed E-state index contributed by atoms with van der Waals surface area (Å²) in [6.07, 6.45) is 3.91. The maximum Gasteiger partial charge on any atom is 0.227 e. The second kappa shape index (κ2) is 6.18. The Bertz CT molecular complexity index is 305. The van der Waals surface area contributed by atoms with Gasteiger partial charge in [0.25, 0.3) is 0 Å². The highest BCUT2D eigenvalue weighted by Crippen LogP contribution is 2.26. The SMILES string of the molecule is CCC(C)(CN)C(=O)NC1CCC(C(N)=O)CC1. The maximum absolute atomic E-state index is 12.1. The zero-order valence-electron chi connectivity index (χ0n) is 11.4. The van der Waals surface area contributed by atoms with Crippen LogP contribution in [0.3, 0.4) is 0 Å². The van der Waals surface area contributed by atoms with E-state index in [1.807, 2.05) is 13.8 Å². The monoisotopic (exact) mass is 255 g/mol. The van der Waals surface area contributed by atoms with Crippen molar-refractivity contribution < 1.29 is 9.59 Å². The third-order valence-electron chi connectivity index (χ3n) is 4.24. The average Bonchev–Trinajstić information content (AvgIpc) is 2.38. The lowest BCUT2D eigenvalue weighted by molar-refractivity contribution is -0.131. The van der Waals surface area contributed by atoms with E-state index in [-0.39, 0.29) is 23.8 Å². The molecule has 0 aromatic rings. The van der Waals surface area contributed by atoms with Crippen LogP contribution in [0.5, 0.6) is 0 Å². The van der Waals surface area contributed by atoms with Crippen molar-refractivity contribution in [3.63, 3.8) is 0 Å². The molecule has 1 atom stereocenters. The molecular weight excluding hydrogens is 230 g/mol. The molecule has 18 heavy (non-hydrogen) atoms. The molecule has 0 saturated heterocycles. The number of carbonyl (C=O) groups excluding carboxylic acids is 2. The van der Waals surface area contributed by atoms with Crippen LogP contribution in [-0.2, 0) is 9.59 Å². The van der Waals surface area contributed by atoms with Crippen LogP contribution in [0.4, 0.5) is 0 Å².